The van der Waals surface area contributed by atoms with E-state index in [2.05, 4.69) is 10.6 Å². The Labute approximate surface area is 165 Å². The number of aryl methyl sites for hydroxylation is 3. The molecule has 28 heavy (non-hydrogen) atoms. The van der Waals surface area contributed by atoms with E-state index in [9.17, 15) is 9.59 Å². The quantitative estimate of drug-likeness (QED) is 0.720. The average molecular weight is 382 g/mol. The number of methoxy groups -OCH3 is 2. The Hall–Kier alpha value is -3.28. The summed E-state index contributed by atoms with van der Waals surface area (Å²) in [7, 11) is 3.12. The standard InChI is InChI=1S/C22H26N2O4/c1-14-10-15(2)22(16(3)11-14)24-21(26)13-23-20(25)9-6-17-12-18(27-4)7-8-19(17)28-5/h6-12H,13H2,1-5H3,(H,23,25)(H,24,26)/b9-6+. The number of nitrogens with one attached hydrogen (secondary N) is 2. The molecule has 6 heteroatoms. The first kappa shape index (κ1) is 21.0. The van der Waals surface area contributed by atoms with Gasteiger partial charge >= 0.3 is 0 Å². The fraction of sp³-hybridized carbons (Fsp3) is 0.273. The van der Waals surface area contributed by atoms with Crippen LogP contribution in [0.15, 0.2) is 36.4 Å². The van der Waals surface area contributed by atoms with E-state index in [1.165, 1.54) is 6.08 Å². The number of carbonyl (C=O) groups is 2. The highest BCUT2D eigenvalue weighted by Crippen LogP contribution is 2.25. The predicted octanol–water partition coefficient (Wildman–Crippen LogP) is 3.40. The zero-order valence-corrected chi connectivity index (χ0v) is 16.9. The van der Waals surface area contributed by atoms with Crippen molar-refractivity contribution in [3.8, 4) is 11.5 Å². The number of rotatable bonds is 7. The number of carbonyl (C=O) groups excluding carboxylic acids is 2. The summed E-state index contributed by atoms with van der Waals surface area (Å²) < 4.78 is 10.5. The van der Waals surface area contributed by atoms with E-state index in [0.29, 0.717) is 17.1 Å². The van der Waals surface area contributed by atoms with Gasteiger partial charge in [-0.2, -0.15) is 0 Å². The number of anilines is 1. The fourth-order valence-electron chi connectivity index (χ4n) is 2.92. The molecule has 2 N–H and O–H groups in total. The van der Waals surface area contributed by atoms with Crippen LogP contribution in [0.2, 0.25) is 0 Å². The molecule has 0 atom stereocenters. The van der Waals surface area contributed by atoms with Crippen LogP contribution in [0.5, 0.6) is 11.5 Å². The molecule has 0 aliphatic heterocycles. The molecule has 2 aromatic carbocycles. The second-order valence-corrected chi connectivity index (χ2v) is 6.48. The minimum absolute atomic E-state index is 0.120. The highest BCUT2D eigenvalue weighted by atomic mass is 16.5. The smallest absolute Gasteiger partial charge is 0.244 e. The van der Waals surface area contributed by atoms with Crippen LogP contribution in [-0.4, -0.2) is 32.6 Å². The average Bonchev–Trinajstić information content (AvgIpc) is 2.67. The van der Waals surface area contributed by atoms with Crippen LogP contribution in [-0.2, 0) is 9.59 Å². The van der Waals surface area contributed by atoms with Crippen molar-refractivity contribution in [2.24, 2.45) is 0 Å². The molecule has 0 aromatic heterocycles. The van der Waals surface area contributed by atoms with Gasteiger partial charge in [0.15, 0.2) is 0 Å². The Morgan fingerprint density at radius 2 is 1.68 bits per heavy atom. The maximum absolute atomic E-state index is 12.2. The lowest BCUT2D eigenvalue weighted by atomic mass is 10.1. The van der Waals surface area contributed by atoms with Crippen LogP contribution in [0, 0.1) is 20.8 Å². The summed E-state index contributed by atoms with van der Waals surface area (Å²) in [6.07, 6.45) is 2.97. The minimum Gasteiger partial charge on any atom is -0.497 e. The van der Waals surface area contributed by atoms with E-state index < -0.39 is 0 Å². The van der Waals surface area contributed by atoms with Crippen LogP contribution in [0.4, 0.5) is 5.69 Å². The SMILES string of the molecule is COc1ccc(OC)c(/C=C/C(=O)NCC(=O)Nc2c(C)cc(C)cc2C)c1. The van der Waals surface area contributed by atoms with Gasteiger partial charge in [-0.1, -0.05) is 17.7 Å². The van der Waals surface area contributed by atoms with Crippen molar-refractivity contribution >= 4 is 23.6 Å². The van der Waals surface area contributed by atoms with Crippen molar-refractivity contribution in [3.63, 3.8) is 0 Å². The second-order valence-electron chi connectivity index (χ2n) is 6.48. The van der Waals surface area contributed by atoms with Gasteiger partial charge in [0, 0.05) is 17.3 Å². The van der Waals surface area contributed by atoms with E-state index in [-0.39, 0.29) is 18.4 Å². The summed E-state index contributed by atoms with van der Waals surface area (Å²) in [5.74, 6) is 0.616. The second kappa shape index (κ2) is 9.60. The van der Waals surface area contributed by atoms with Crippen molar-refractivity contribution in [3.05, 3.63) is 58.7 Å². The van der Waals surface area contributed by atoms with Gasteiger partial charge in [0.2, 0.25) is 11.8 Å². The Morgan fingerprint density at radius 3 is 2.29 bits per heavy atom. The van der Waals surface area contributed by atoms with Gasteiger partial charge in [0.05, 0.1) is 20.8 Å². The number of benzene rings is 2. The molecular weight excluding hydrogens is 356 g/mol. The molecule has 148 valence electrons. The van der Waals surface area contributed by atoms with E-state index >= 15 is 0 Å². The van der Waals surface area contributed by atoms with Gasteiger partial charge in [-0.15, -0.1) is 0 Å². The third-order valence-corrected chi connectivity index (χ3v) is 4.22. The third-order valence-electron chi connectivity index (χ3n) is 4.22. The van der Waals surface area contributed by atoms with Crippen molar-refractivity contribution in [1.29, 1.82) is 0 Å². The molecule has 0 saturated carbocycles. The maximum atomic E-state index is 12.2. The van der Waals surface area contributed by atoms with Crippen molar-refractivity contribution < 1.29 is 19.1 Å². The first-order valence-electron chi connectivity index (χ1n) is 8.89. The van der Waals surface area contributed by atoms with Crippen LogP contribution in [0.25, 0.3) is 6.08 Å². The highest BCUT2D eigenvalue weighted by Gasteiger charge is 2.09. The maximum Gasteiger partial charge on any atom is 0.244 e. The molecule has 0 unspecified atom stereocenters. The summed E-state index contributed by atoms with van der Waals surface area (Å²) in [6.45, 7) is 5.78. The summed E-state index contributed by atoms with van der Waals surface area (Å²) in [5, 5.41) is 5.43. The van der Waals surface area contributed by atoms with Crippen LogP contribution < -0.4 is 20.1 Å². The summed E-state index contributed by atoms with van der Waals surface area (Å²) in [6, 6.07) is 9.31. The summed E-state index contributed by atoms with van der Waals surface area (Å²) in [4.78, 5) is 24.2. The highest BCUT2D eigenvalue weighted by molar-refractivity contribution is 5.98. The van der Waals surface area contributed by atoms with Crippen molar-refractivity contribution in [2.45, 2.75) is 20.8 Å². The zero-order chi connectivity index (χ0) is 20.7. The van der Waals surface area contributed by atoms with Crippen molar-refractivity contribution in [1.82, 2.24) is 5.32 Å². The Bertz CT molecular complexity index is 880. The molecule has 0 heterocycles. The molecular formula is C22H26N2O4. The fourth-order valence-corrected chi connectivity index (χ4v) is 2.92. The van der Waals surface area contributed by atoms with Crippen LogP contribution in [0.1, 0.15) is 22.3 Å². The van der Waals surface area contributed by atoms with Gasteiger partial charge < -0.3 is 20.1 Å². The van der Waals surface area contributed by atoms with E-state index in [4.69, 9.17) is 9.47 Å². The lowest BCUT2D eigenvalue weighted by molar-refractivity contribution is -0.121. The lowest BCUT2D eigenvalue weighted by Gasteiger charge is -2.13. The molecule has 6 nitrogen and oxygen atoms in total. The topological polar surface area (TPSA) is 76.7 Å². The van der Waals surface area contributed by atoms with E-state index in [1.807, 2.05) is 32.9 Å². The zero-order valence-electron chi connectivity index (χ0n) is 16.9. The third kappa shape index (κ3) is 5.61. The molecule has 0 radical (unpaired) electrons. The molecule has 2 rings (SSSR count). The number of hydrogen-bond donors (Lipinski definition) is 2. The van der Waals surface area contributed by atoms with E-state index in [0.717, 1.165) is 22.4 Å². The largest absolute Gasteiger partial charge is 0.497 e. The molecule has 2 amide bonds. The van der Waals surface area contributed by atoms with Gasteiger partial charge in [-0.05, 0) is 56.2 Å². The first-order chi connectivity index (χ1) is 13.3. The first-order valence-corrected chi connectivity index (χ1v) is 8.89. The normalized spacial score (nSPS) is 10.6. The lowest BCUT2D eigenvalue weighted by Crippen LogP contribution is -2.32. The molecule has 0 fully saturated rings. The minimum atomic E-state index is -0.377. The molecule has 0 spiro atoms. The summed E-state index contributed by atoms with van der Waals surface area (Å²) >= 11 is 0. The van der Waals surface area contributed by atoms with Gasteiger partial charge in [-0.3, -0.25) is 9.59 Å². The van der Waals surface area contributed by atoms with Crippen LogP contribution in [0.3, 0.4) is 0 Å². The Kier molecular flexibility index (Phi) is 7.21. The molecule has 0 bridgehead atoms. The Balaban J connectivity index is 1.96. The molecule has 0 aliphatic rings. The van der Waals surface area contributed by atoms with Crippen LogP contribution >= 0.6 is 0 Å². The van der Waals surface area contributed by atoms with Gasteiger partial charge in [-0.25, -0.2) is 0 Å². The van der Waals surface area contributed by atoms with Gasteiger partial charge in [0.25, 0.3) is 0 Å². The van der Waals surface area contributed by atoms with E-state index in [1.54, 1.807) is 38.5 Å². The van der Waals surface area contributed by atoms with Crippen molar-refractivity contribution in [2.75, 3.05) is 26.1 Å². The Morgan fingerprint density at radius 1 is 1.00 bits per heavy atom. The predicted molar refractivity (Wildman–Crippen MR) is 111 cm³/mol. The molecule has 0 aliphatic carbocycles. The van der Waals surface area contributed by atoms with Gasteiger partial charge in [0.1, 0.15) is 11.5 Å². The molecule has 2 aromatic rings. The number of ether oxygens (including phenoxy) is 2. The number of hydrogen-bond acceptors (Lipinski definition) is 4. The monoisotopic (exact) mass is 382 g/mol. The number of amides is 2. The summed E-state index contributed by atoms with van der Waals surface area (Å²) in [5.41, 5.74) is 4.60. The molecule has 0 saturated heterocycles.